The highest BCUT2D eigenvalue weighted by atomic mass is 16.5. The summed E-state index contributed by atoms with van der Waals surface area (Å²) in [5.74, 6) is 1.79. The minimum absolute atomic E-state index is 0.0690. The third-order valence-corrected chi connectivity index (χ3v) is 3.40. The van der Waals surface area contributed by atoms with E-state index in [2.05, 4.69) is 10.6 Å². The van der Waals surface area contributed by atoms with Crippen LogP contribution in [0.1, 0.15) is 25.3 Å². The second-order valence-electron chi connectivity index (χ2n) is 5.21. The number of ether oxygens (including phenoxy) is 1. The Hall–Kier alpha value is -1.55. The summed E-state index contributed by atoms with van der Waals surface area (Å²) in [7, 11) is 0. The van der Waals surface area contributed by atoms with Gasteiger partial charge in [0.1, 0.15) is 5.75 Å². The normalized spacial score (nSPS) is 14.1. The first kappa shape index (κ1) is 14.9. The van der Waals surface area contributed by atoms with Crippen molar-refractivity contribution < 1.29 is 9.53 Å². The predicted molar refractivity (Wildman–Crippen MR) is 79.9 cm³/mol. The number of hydrogen-bond donors (Lipinski definition) is 2. The van der Waals surface area contributed by atoms with Gasteiger partial charge in [-0.05, 0) is 50.3 Å². The smallest absolute Gasteiger partial charge is 0.233 e. The van der Waals surface area contributed by atoms with Gasteiger partial charge in [0.05, 0.1) is 13.2 Å². The largest absolute Gasteiger partial charge is 0.494 e. The van der Waals surface area contributed by atoms with E-state index >= 15 is 0 Å². The average molecular weight is 276 g/mol. The lowest BCUT2D eigenvalue weighted by atomic mass is 10.1. The molecule has 0 bridgehead atoms. The van der Waals surface area contributed by atoms with Gasteiger partial charge in [-0.25, -0.2) is 0 Å². The van der Waals surface area contributed by atoms with Gasteiger partial charge in [-0.15, -0.1) is 0 Å². The molecule has 0 unspecified atom stereocenters. The van der Waals surface area contributed by atoms with E-state index in [0.29, 0.717) is 19.7 Å². The summed E-state index contributed by atoms with van der Waals surface area (Å²) >= 11 is 0. The number of rotatable bonds is 9. The summed E-state index contributed by atoms with van der Waals surface area (Å²) in [6.45, 7) is 4.68. The van der Waals surface area contributed by atoms with Gasteiger partial charge in [-0.2, -0.15) is 0 Å². The van der Waals surface area contributed by atoms with Crippen LogP contribution in [0.15, 0.2) is 24.3 Å². The first-order chi connectivity index (χ1) is 9.79. The number of carbonyl (C=O) groups excluding carboxylic acids is 1. The van der Waals surface area contributed by atoms with Crippen molar-refractivity contribution in [2.24, 2.45) is 5.92 Å². The fourth-order valence-electron chi connectivity index (χ4n) is 2.12. The molecular formula is C16H24N2O2. The van der Waals surface area contributed by atoms with Crippen LogP contribution in [0.25, 0.3) is 0 Å². The number of carbonyl (C=O) groups is 1. The van der Waals surface area contributed by atoms with Crippen molar-refractivity contribution in [2.75, 3.05) is 26.2 Å². The lowest BCUT2D eigenvalue weighted by Gasteiger charge is -2.10. The zero-order valence-electron chi connectivity index (χ0n) is 12.2. The zero-order chi connectivity index (χ0) is 14.2. The molecule has 0 saturated heterocycles. The highest BCUT2D eigenvalue weighted by Crippen LogP contribution is 2.27. The van der Waals surface area contributed by atoms with Crippen molar-refractivity contribution in [3.8, 4) is 5.75 Å². The fourth-order valence-corrected chi connectivity index (χ4v) is 2.12. The summed E-state index contributed by atoms with van der Waals surface area (Å²) in [6, 6.07) is 7.98. The van der Waals surface area contributed by atoms with Crippen molar-refractivity contribution in [1.82, 2.24) is 10.6 Å². The zero-order valence-corrected chi connectivity index (χ0v) is 12.2. The van der Waals surface area contributed by atoms with E-state index in [1.165, 1.54) is 12.8 Å². The Morgan fingerprint density at radius 3 is 2.90 bits per heavy atom. The van der Waals surface area contributed by atoms with Crippen LogP contribution in [0.5, 0.6) is 5.75 Å². The Labute approximate surface area is 120 Å². The maximum atomic E-state index is 11.6. The molecule has 0 aliphatic heterocycles. The molecular weight excluding hydrogens is 252 g/mol. The van der Waals surface area contributed by atoms with E-state index in [1.54, 1.807) is 0 Å². The van der Waals surface area contributed by atoms with Crippen LogP contribution < -0.4 is 15.4 Å². The van der Waals surface area contributed by atoms with Gasteiger partial charge in [-0.1, -0.05) is 18.2 Å². The van der Waals surface area contributed by atoms with Gasteiger partial charge >= 0.3 is 0 Å². The summed E-state index contributed by atoms with van der Waals surface area (Å²) < 4.78 is 5.57. The monoisotopic (exact) mass is 276 g/mol. The van der Waals surface area contributed by atoms with Crippen LogP contribution in [0.4, 0.5) is 0 Å². The molecule has 1 aliphatic rings. The molecule has 0 spiro atoms. The van der Waals surface area contributed by atoms with Crippen LogP contribution in [-0.2, 0) is 11.2 Å². The molecule has 20 heavy (non-hydrogen) atoms. The molecule has 1 aromatic carbocycles. The molecule has 4 heteroatoms. The molecule has 1 saturated carbocycles. The Kier molecular flexibility index (Phi) is 5.87. The van der Waals surface area contributed by atoms with Crippen molar-refractivity contribution in [2.45, 2.75) is 26.2 Å². The lowest BCUT2D eigenvalue weighted by Crippen LogP contribution is -2.35. The molecule has 1 amide bonds. The van der Waals surface area contributed by atoms with Crippen LogP contribution in [-0.4, -0.2) is 32.1 Å². The molecule has 1 aromatic rings. The number of benzene rings is 1. The molecule has 2 N–H and O–H groups in total. The Balaban J connectivity index is 1.65. The fraction of sp³-hybridized carbons (Fsp3) is 0.562. The van der Waals surface area contributed by atoms with Gasteiger partial charge in [-0.3, -0.25) is 4.79 Å². The molecule has 0 aromatic heterocycles. The van der Waals surface area contributed by atoms with E-state index < -0.39 is 0 Å². The maximum Gasteiger partial charge on any atom is 0.233 e. The molecule has 1 fully saturated rings. The van der Waals surface area contributed by atoms with Gasteiger partial charge in [0, 0.05) is 6.54 Å². The topological polar surface area (TPSA) is 50.4 Å². The molecule has 2 rings (SSSR count). The molecule has 1 aliphatic carbocycles. The summed E-state index contributed by atoms with van der Waals surface area (Å²) in [5, 5.41) is 6.13. The van der Waals surface area contributed by atoms with E-state index in [9.17, 15) is 4.79 Å². The van der Waals surface area contributed by atoms with E-state index in [1.807, 2.05) is 31.2 Å². The van der Waals surface area contributed by atoms with Gasteiger partial charge < -0.3 is 15.4 Å². The van der Waals surface area contributed by atoms with Gasteiger partial charge in [0.25, 0.3) is 0 Å². The van der Waals surface area contributed by atoms with Crippen molar-refractivity contribution in [3.63, 3.8) is 0 Å². The standard InChI is InChI=1S/C16H24N2O2/c1-2-20-15-6-4-3-5-14(15)9-10-18-16(19)12-17-11-13-7-8-13/h3-6,13,17H,2,7-12H2,1H3,(H,18,19). The first-order valence-electron chi connectivity index (χ1n) is 7.47. The van der Waals surface area contributed by atoms with Gasteiger partial charge in [0.2, 0.25) is 5.91 Å². The molecule has 0 heterocycles. The number of nitrogens with one attached hydrogen (secondary N) is 2. The first-order valence-corrected chi connectivity index (χ1v) is 7.47. The third kappa shape index (κ3) is 5.21. The highest BCUT2D eigenvalue weighted by molar-refractivity contribution is 5.77. The lowest BCUT2D eigenvalue weighted by molar-refractivity contribution is -0.120. The van der Waals surface area contributed by atoms with Crippen LogP contribution in [0.3, 0.4) is 0 Å². The minimum Gasteiger partial charge on any atom is -0.494 e. The molecule has 0 atom stereocenters. The van der Waals surface area contributed by atoms with Crippen LogP contribution >= 0.6 is 0 Å². The third-order valence-electron chi connectivity index (χ3n) is 3.40. The summed E-state index contributed by atoms with van der Waals surface area (Å²) in [5.41, 5.74) is 1.14. The number of para-hydroxylation sites is 1. The van der Waals surface area contributed by atoms with Gasteiger partial charge in [0.15, 0.2) is 0 Å². The van der Waals surface area contributed by atoms with Crippen molar-refractivity contribution >= 4 is 5.91 Å². The average Bonchev–Trinajstić information content (AvgIpc) is 3.25. The number of amides is 1. The van der Waals surface area contributed by atoms with Crippen LogP contribution in [0, 0.1) is 5.92 Å². The molecule has 4 nitrogen and oxygen atoms in total. The van der Waals surface area contributed by atoms with Crippen molar-refractivity contribution in [3.05, 3.63) is 29.8 Å². The summed E-state index contributed by atoms with van der Waals surface area (Å²) in [6.07, 6.45) is 3.41. The minimum atomic E-state index is 0.0690. The Bertz CT molecular complexity index is 430. The second kappa shape index (κ2) is 7.90. The second-order valence-corrected chi connectivity index (χ2v) is 5.21. The number of hydrogen-bond acceptors (Lipinski definition) is 3. The predicted octanol–water partition coefficient (Wildman–Crippen LogP) is 1.74. The summed E-state index contributed by atoms with van der Waals surface area (Å²) in [4.78, 5) is 11.6. The van der Waals surface area contributed by atoms with E-state index in [4.69, 9.17) is 4.74 Å². The van der Waals surface area contributed by atoms with Crippen molar-refractivity contribution in [1.29, 1.82) is 0 Å². The Morgan fingerprint density at radius 2 is 2.15 bits per heavy atom. The quantitative estimate of drug-likeness (QED) is 0.722. The highest BCUT2D eigenvalue weighted by Gasteiger charge is 2.20. The maximum absolute atomic E-state index is 11.6. The SMILES string of the molecule is CCOc1ccccc1CCNC(=O)CNCC1CC1. The van der Waals surface area contributed by atoms with E-state index in [-0.39, 0.29) is 5.91 Å². The molecule has 0 radical (unpaired) electrons. The molecule has 110 valence electrons. The van der Waals surface area contributed by atoms with Crippen LogP contribution in [0.2, 0.25) is 0 Å². The van der Waals surface area contributed by atoms with E-state index in [0.717, 1.165) is 30.2 Å². The Morgan fingerprint density at radius 1 is 1.35 bits per heavy atom.